The average molecular weight is 339 g/mol. The summed E-state index contributed by atoms with van der Waals surface area (Å²) in [5, 5.41) is 2.81. The van der Waals surface area contributed by atoms with E-state index in [1.54, 1.807) is 48.5 Å². The maximum Gasteiger partial charge on any atom is 0.255 e. The van der Waals surface area contributed by atoms with Crippen LogP contribution in [0.5, 0.6) is 5.75 Å². The van der Waals surface area contributed by atoms with E-state index in [9.17, 15) is 9.59 Å². The van der Waals surface area contributed by atoms with Crippen molar-refractivity contribution in [1.29, 1.82) is 0 Å². The molecule has 5 heteroatoms. The number of benzene rings is 2. The Balaban J connectivity index is 1.55. The van der Waals surface area contributed by atoms with Crippen LogP contribution in [-0.2, 0) is 4.74 Å². The van der Waals surface area contributed by atoms with Gasteiger partial charge in [-0.15, -0.1) is 0 Å². The molecule has 2 aromatic carbocycles. The lowest BCUT2D eigenvalue weighted by Gasteiger charge is -2.12. The third-order valence-electron chi connectivity index (χ3n) is 4.13. The monoisotopic (exact) mass is 339 g/mol. The van der Waals surface area contributed by atoms with Crippen LogP contribution in [0.25, 0.3) is 0 Å². The molecule has 0 saturated carbocycles. The number of hydrogen-bond acceptors (Lipinski definition) is 4. The maximum atomic E-state index is 12.3. The summed E-state index contributed by atoms with van der Waals surface area (Å²) in [5.74, 6) is 0.510. The van der Waals surface area contributed by atoms with Crippen LogP contribution in [0.15, 0.2) is 48.5 Å². The normalized spacial score (nSPS) is 16.4. The molecule has 0 aliphatic carbocycles. The van der Waals surface area contributed by atoms with Gasteiger partial charge in [0.25, 0.3) is 5.91 Å². The van der Waals surface area contributed by atoms with Crippen molar-refractivity contribution in [2.45, 2.75) is 25.9 Å². The Morgan fingerprint density at radius 2 is 1.76 bits per heavy atom. The minimum atomic E-state index is -0.207. The van der Waals surface area contributed by atoms with E-state index in [0.717, 1.165) is 25.2 Å². The van der Waals surface area contributed by atoms with Crippen molar-refractivity contribution in [2.24, 2.45) is 0 Å². The highest BCUT2D eigenvalue weighted by Crippen LogP contribution is 2.18. The van der Waals surface area contributed by atoms with Crippen LogP contribution >= 0.6 is 0 Å². The van der Waals surface area contributed by atoms with Gasteiger partial charge in [-0.25, -0.2) is 0 Å². The smallest absolute Gasteiger partial charge is 0.255 e. The molecule has 130 valence electrons. The zero-order chi connectivity index (χ0) is 17.6. The molecule has 0 aromatic heterocycles. The standard InChI is InChI=1S/C20H21NO4/c1-14(22)15-4-8-17(9-5-15)21-20(23)16-6-10-18(11-7-16)25-13-19-3-2-12-24-19/h4-11,19H,2-3,12-13H2,1H3,(H,21,23)/t19-/m0/s1. The number of anilines is 1. The van der Waals surface area contributed by atoms with Crippen molar-refractivity contribution >= 4 is 17.4 Å². The van der Waals surface area contributed by atoms with Gasteiger partial charge in [-0.3, -0.25) is 9.59 Å². The van der Waals surface area contributed by atoms with E-state index in [2.05, 4.69) is 5.32 Å². The summed E-state index contributed by atoms with van der Waals surface area (Å²) in [7, 11) is 0. The molecule has 0 bridgehead atoms. The van der Waals surface area contributed by atoms with E-state index in [0.29, 0.717) is 23.4 Å². The van der Waals surface area contributed by atoms with Crippen molar-refractivity contribution < 1.29 is 19.1 Å². The number of hydrogen-bond donors (Lipinski definition) is 1. The van der Waals surface area contributed by atoms with E-state index < -0.39 is 0 Å². The van der Waals surface area contributed by atoms with Gasteiger partial charge < -0.3 is 14.8 Å². The number of carbonyl (C=O) groups excluding carboxylic acids is 2. The number of ketones is 1. The average Bonchev–Trinajstić information content (AvgIpc) is 3.14. The lowest BCUT2D eigenvalue weighted by molar-refractivity contribution is 0.0679. The summed E-state index contributed by atoms with van der Waals surface area (Å²) in [6.07, 6.45) is 2.28. The van der Waals surface area contributed by atoms with Gasteiger partial charge >= 0.3 is 0 Å². The van der Waals surface area contributed by atoms with Crippen LogP contribution in [0.2, 0.25) is 0 Å². The van der Waals surface area contributed by atoms with E-state index in [-0.39, 0.29) is 17.8 Å². The van der Waals surface area contributed by atoms with Crippen molar-refractivity contribution in [3.63, 3.8) is 0 Å². The Labute approximate surface area is 147 Å². The van der Waals surface area contributed by atoms with Gasteiger partial charge in [-0.1, -0.05) is 0 Å². The Morgan fingerprint density at radius 3 is 2.36 bits per heavy atom. The highest BCUT2D eigenvalue weighted by molar-refractivity contribution is 6.04. The topological polar surface area (TPSA) is 64.6 Å². The maximum absolute atomic E-state index is 12.3. The molecule has 1 aliphatic rings. The molecule has 5 nitrogen and oxygen atoms in total. The fraction of sp³-hybridized carbons (Fsp3) is 0.300. The van der Waals surface area contributed by atoms with Crippen LogP contribution in [0.3, 0.4) is 0 Å². The summed E-state index contributed by atoms with van der Waals surface area (Å²) in [6, 6.07) is 13.8. The summed E-state index contributed by atoms with van der Waals surface area (Å²) in [6.45, 7) is 2.85. The number of amides is 1. The third-order valence-corrected chi connectivity index (χ3v) is 4.13. The number of ether oxygens (including phenoxy) is 2. The Bertz CT molecular complexity index is 731. The summed E-state index contributed by atoms with van der Waals surface area (Å²) in [5.41, 5.74) is 1.81. The van der Waals surface area contributed by atoms with Gasteiger partial charge in [0, 0.05) is 23.4 Å². The molecule has 1 aliphatic heterocycles. The number of carbonyl (C=O) groups is 2. The molecule has 2 aromatic rings. The van der Waals surface area contributed by atoms with E-state index in [1.165, 1.54) is 6.92 Å². The molecule has 1 heterocycles. The SMILES string of the molecule is CC(=O)c1ccc(NC(=O)c2ccc(OC[C@@H]3CCCO3)cc2)cc1. The second kappa shape index (κ2) is 7.94. The molecular formula is C20H21NO4. The molecule has 0 spiro atoms. The molecule has 25 heavy (non-hydrogen) atoms. The van der Waals surface area contributed by atoms with Crippen LogP contribution in [0.1, 0.15) is 40.5 Å². The number of nitrogens with one attached hydrogen (secondary N) is 1. The van der Waals surface area contributed by atoms with Gasteiger partial charge in [0.05, 0.1) is 6.10 Å². The Morgan fingerprint density at radius 1 is 1.08 bits per heavy atom. The fourth-order valence-corrected chi connectivity index (χ4v) is 2.66. The summed E-state index contributed by atoms with van der Waals surface area (Å²) < 4.78 is 11.2. The predicted octanol–water partition coefficient (Wildman–Crippen LogP) is 3.70. The molecule has 1 saturated heterocycles. The largest absolute Gasteiger partial charge is 0.491 e. The first-order valence-electron chi connectivity index (χ1n) is 8.38. The quantitative estimate of drug-likeness (QED) is 0.815. The highest BCUT2D eigenvalue weighted by atomic mass is 16.5. The predicted molar refractivity (Wildman–Crippen MR) is 95.3 cm³/mol. The van der Waals surface area contributed by atoms with Gasteiger partial charge in [0.1, 0.15) is 12.4 Å². The van der Waals surface area contributed by atoms with Gasteiger partial charge in [0.15, 0.2) is 5.78 Å². The lowest BCUT2D eigenvalue weighted by atomic mass is 10.1. The van der Waals surface area contributed by atoms with E-state index >= 15 is 0 Å². The Hall–Kier alpha value is -2.66. The van der Waals surface area contributed by atoms with E-state index in [1.807, 2.05) is 0 Å². The first-order valence-corrected chi connectivity index (χ1v) is 8.38. The van der Waals surface area contributed by atoms with Crippen LogP contribution < -0.4 is 10.1 Å². The van der Waals surface area contributed by atoms with Crippen molar-refractivity contribution in [3.05, 3.63) is 59.7 Å². The molecule has 1 atom stereocenters. The molecule has 1 amide bonds. The second-order valence-corrected chi connectivity index (χ2v) is 6.06. The third kappa shape index (κ3) is 4.67. The molecule has 1 fully saturated rings. The number of Topliss-reactive ketones (excluding diaryl/α,β-unsaturated/α-hetero) is 1. The van der Waals surface area contributed by atoms with Crippen LogP contribution in [0.4, 0.5) is 5.69 Å². The van der Waals surface area contributed by atoms with Gasteiger partial charge in [-0.2, -0.15) is 0 Å². The highest BCUT2D eigenvalue weighted by Gasteiger charge is 2.16. The summed E-state index contributed by atoms with van der Waals surface area (Å²) >= 11 is 0. The minimum Gasteiger partial charge on any atom is -0.491 e. The van der Waals surface area contributed by atoms with Crippen molar-refractivity contribution in [3.8, 4) is 5.75 Å². The zero-order valence-electron chi connectivity index (χ0n) is 14.2. The first kappa shape index (κ1) is 17.2. The zero-order valence-corrected chi connectivity index (χ0v) is 14.2. The Kier molecular flexibility index (Phi) is 5.46. The van der Waals surface area contributed by atoms with Crippen molar-refractivity contribution in [2.75, 3.05) is 18.5 Å². The van der Waals surface area contributed by atoms with Crippen LogP contribution in [-0.4, -0.2) is 31.0 Å². The molecule has 0 radical (unpaired) electrons. The van der Waals surface area contributed by atoms with Gasteiger partial charge in [-0.05, 0) is 68.3 Å². The van der Waals surface area contributed by atoms with E-state index in [4.69, 9.17) is 9.47 Å². The molecule has 0 unspecified atom stereocenters. The van der Waals surface area contributed by atoms with Crippen molar-refractivity contribution in [1.82, 2.24) is 0 Å². The van der Waals surface area contributed by atoms with Crippen LogP contribution in [0, 0.1) is 0 Å². The molecule has 1 N–H and O–H groups in total. The lowest BCUT2D eigenvalue weighted by Crippen LogP contribution is -2.16. The second-order valence-electron chi connectivity index (χ2n) is 6.06. The minimum absolute atomic E-state index is 0.00327. The summed E-state index contributed by atoms with van der Waals surface area (Å²) in [4.78, 5) is 23.5. The van der Waals surface area contributed by atoms with Gasteiger partial charge in [0.2, 0.25) is 0 Å². The molecule has 3 rings (SSSR count). The fourth-order valence-electron chi connectivity index (χ4n) is 2.66. The number of rotatable bonds is 6. The first-order chi connectivity index (χ1) is 12.1. The molecular weight excluding hydrogens is 318 g/mol.